The van der Waals surface area contributed by atoms with Gasteiger partial charge >= 0.3 is 6.61 Å². The Morgan fingerprint density at radius 3 is 2.46 bits per heavy atom. The number of thiocarbonyl (C=S) groups is 1. The number of alkyl halides is 2. The fourth-order valence-corrected chi connectivity index (χ4v) is 2.79. The van der Waals surface area contributed by atoms with Crippen molar-refractivity contribution in [2.45, 2.75) is 19.6 Å². The first-order valence-electron chi connectivity index (χ1n) is 8.03. The summed E-state index contributed by atoms with van der Waals surface area (Å²) >= 11 is 5.31. The molecule has 2 aromatic rings. The molecule has 138 valence electrons. The highest BCUT2D eigenvalue weighted by atomic mass is 32.1. The smallest absolute Gasteiger partial charge is 0.387 e. The molecular weight excluding hydrogens is 362 g/mol. The average Bonchev–Trinajstić information content (AvgIpc) is 2.62. The number of hydrogen-bond acceptors (Lipinski definition) is 4. The quantitative estimate of drug-likeness (QED) is 0.762. The van der Waals surface area contributed by atoms with E-state index in [-0.39, 0.29) is 11.8 Å². The standard InChI is InChI=1S/C18H18F2N2O3S/c1-11(12-2-7-15-16(10-12)24-9-8-23-15)21-18(26)22-13-3-5-14(6-4-13)25-17(19)20/h2-7,10-11,17H,8-9H2,1H3,(H2,21,22,26)/t11-/m1/s1. The molecule has 0 aliphatic carbocycles. The first kappa shape index (κ1) is 18.2. The van der Waals surface area contributed by atoms with Crippen molar-refractivity contribution in [3.05, 3.63) is 48.0 Å². The molecule has 1 aliphatic heterocycles. The van der Waals surface area contributed by atoms with Gasteiger partial charge in [-0.15, -0.1) is 0 Å². The van der Waals surface area contributed by atoms with E-state index >= 15 is 0 Å². The topological polar surface area (TPSA) is 51.8 Å². The second kappa shape index (κ2) is 8.18. The van der Waals surface area contributed by atoms with Gasteiger partial charge in [-0.25, -0.2) is 0 Å². The minimum absolute atomic E-state index is 0.0627. The Morgan fingerprint density at radius 2 is 1.77 bits per heavy atom. The number of rotatable bonds is 5. The molecule has 0 spiro atoms. The lowest BCUT2D eigenvalue weighted by atomic mass is 10.1. The summed E-state index contributed by atoms with van der Waals surface area (Å²) in [5.74, 6) is 1.55. The summed E-state index contributed by atoms with van der Waals surface area (Å²) in [7, 11) is 0. The second-order valence-corrected chi connectivity index (χ2v) is 6.03. The van der Waals surface area contributed by atoms with Crippen LogP contribution < -0.4 is 24.8 Å². The fourth-order valence-electron chi connectivity index (χ4n) is 2.50. The van der Waals surface area contributed by atoms with Crippen LogP contribution in [-0.2, 0) is 0 Å². The molecule has 0 saturated carbocycles. The van der Waals surface area contributed by atoms with E-state index in [1.165, 1.54) is 12.1 Å². The van der Waals surface area contributed by atoms with Crippen molar-refractivity contribution in [3.8, 4) is 17.2 Å². The van der Waals surface area contributed by atoms with Crippen LogP contribution in [0.2, 0.25) is 0 Å². The molecule has 8 heteroatoms. The predicted molar refractivity (Wildman–Crippen MR) is 98.3 cm³/mol. The van der Waals surface area contributed by atoms with Gasteiger partial charge in [0.15, 0.2) is 16.6 Å². The van der Waals surface area contributed by atoms with Gasteiger partial charge in [0.25, 0.3) is 0 Å². The number of hydrogen-bond donors (Lipinski definition) is 2. The van der Waals surface area contributed by atoms with Gasteiger partial charge in [0.1, 0.15) is 19.0 Å². The highest BCUT2D eigenvalue weighted by Crippen LogP contribution is 2.32. The minimum atomic E-state index is -2.84. The van der Waals surface area contributed by atoms with E-state index in [9.17, 15) is 8.78 Å². The molecule has 3 rings (SSSR count). The number of halogens is 2. The molecule has 26 heavy (non-hydrogen) atoms. The molecule has 0 bridgehead atoms. The van der Waals surface area contributed by atoms with Gasteiger partial charge in [0, 0.05) is 5.69 Å². The van der Waals surface area contributed by atoms with Crippen molar-refractivity contribution in [3.63, 3.8) is 0 Å². The molecule has 0 amide bonds. The average molecular weight is 380 g/mol. The molecule has 0 saturated heterocycles. The number of anilines is 1. The molecular formula is C18H18F2N2O3S. The summed E-state index contributed by atoms with van der Waals surface area (Å²) in [6.45, 7) is 0.209. The van der Waals surface area contributed by atoms with Gasteiger partial charge in [-0.1, -0.05) is 6.07 Å². The maximum absolute atomic E-state index is 12.2. The Balaban J connectivity index is 1.57. The van der Waals surface area contributed by atoms with E-state index in [1.54, 1.807) is 12.1 Å². The Hall–Kier alpha value is -2.61. The van der Waals surface area contributed by atoms with Crippen LogP contribution in [0.5, 0.6) is 17.2 Å². The summed E-state index contributed by atoms with van der Waals surface area (Å²) in [6.07, 6.45) is 0. The van der Waals surface area contributed by atoms with Crippen molar-refractivity contribution in [1.82, 2.24) is 5.32 Å². The Labute approximate surface area is 155 Å². The van der Waals surface area contributed by atoms with E-state index in [1.807, 2.05) is 25.1 Å². The van der Waals surface area contributed by atoms with Crippen molar-refractivity contribution < 1.29 is 23.0 Å². The van der Waals surface area contributed by atoms with Crippen LogP contribution >= 0.6 is 12.2 Å². The summed E-state index contributed by atoms with van der Waals surface area (Å²) in [5, 5.41) is 6.59. The van der Waals surface area contributed by atoms with Crippen LogP contribution in [-0.4, -0.2) is 24.9 Å². The molecule has 0 unspecified atom stereocenters. The summed E-state index contributed by atoms with van der Waals surface area (Å²) in [5.41, 5.74) is 1.66. The Morgan fingerprint density at radius 1 is 1.08 bits per heavy atom. The maximum Gasteiger partial charge on any atom is 0.387 e. The summed E-state index contributed by atoms with van der Waals surface area (Å²) in [4.78, 5) is 0. The fraction of sp³-hybridized carbons (Fsp3) is 0.278. The third kappa shape index (κ3) is 4.72. The lowest BCUT2D eigenvalue weighted by Gasteiger charge is -2.22. The Bertz CT molecular complexity index is 772. The van der Waals surface area contributed by atoms with Gasteiger partial charge in [0.05, 0.1) is 6.04 Å². The van der Waals surface area contributed by atoms with E-state index in [0.29, 0.717) is 24.0 Å². The van der Waals surface area contributed by atoms with Crippen LogP contribution in [0.4, 0.5) is 14.5 Å². The van der Waals surface area contributed by atoms with E-state index in [0.717, 1.165) is 17.1 Å². The van der Waals surface area contributed by atoms with Gasteiger partial charge in [-0.05, 0) is 61.1 Å². The molecule has 1 aliphatic rings. The van der Waals surface area contributed by atoms with Crippen LogP contribution in [0.15, 0.2) is 42.5 Å². The van der Waals surface area contributed by atoms with Crippen molar-refractivity contribution in [2.75, 3.05) is 18.5 Å². The van der Waals surface area contributed by atoms with Crippen molar-refractivity contribution in [2.24, 2.45) is 0 Å². The second-order valence-electron chi connectivity index (χ2n) is 5.63. The number of ether oxygens (including phenoxy) is 3. The largest absolute Gasteiger partial charge is 0.486 e. The molecule has 2 N–H and O–H groups in total. The highest BCUT2D eigenvalue weighted by Gasteiger charge is 2.15. The zero-order valence-electron chi connectivity index (χ0n) is 14.0. The van der Waals surface area contributed by atoms with E-state index in [2.05, 4.69) is 15.4 Å². The zero-order valence-corrected chi connectivity index (χ0v) is 14.8. The highest BCUT2D eigenvalue weighted by molar-refractivity contribution is 7.80. The van der Waals surface area contributed by atoms with Gasteiger partial charge in [0.2, 0.25) is 0 Å². The minimum Gasteiger partial charge on any atom is -0.486 e. The number of benzene rings is 2. The summed E-state index contributed by atoms with van der Waals surface area (Å²) in [6, 6.07) is 11.8. The van der Waals surface area contributed by atoms with E-state index < -0.39 is 6.61 Å². The van der Waals surface area contributed by atoms with Gasteiger partial charge in [-0.3, -0.25) is 0 Å². The normalized spacial score (nSPS) is 13.8. The monoisotopic (exact) mass is 380 g/mol. The molecule has 0 aromatic heterocycles. The van der Waals surface area contributed by atoms with Crippen LogP contribution in [0.3, 0.4) is 0 Å². The van der Waals surface area contributed by atoms with Gasteiger partial charge < -0.3 is 24.8 Å². The Kier molecular flexibility index (Phi) is 5.72. The lowest BCUT2D eigenvalue weighted by Crippen LogP contribution is -2.31. The summed E-state index contributed by atoms with van der Waals surface area (Å²) < 4.78 is 39.7. The van der Waals surface area contributed by atoms with Gasteiger partial charge in [-0.2, -0.15) is 8.78 Å². The van der Waals surface area contributed by atoms with Crippen LogP contribution in [0.25, 0.3) is 0 Å². The SMILES string of the molecule is C[C@@H](NC(=S)Nc1ccc(OC(F)F)cc1)c1ccc2c(c1)OCCO2. The molecule has 2 aromatic carbocycles. The van der Waals surface area contributed by atoms with E-state index in [4.69, 9.17) is 21.7 Å². The first-order valence-corrected chi connectivity index (χ1v) is 8.44. The first-order chi connectivity index (χ1) is 12.5. The van der Waals surface area contributed by atoms with Crippen LogP contribution in [0.1, 0.15) is 18.5 Å². The maximum atomic E-state index is 12.2. The number of fused-ring (bicyclic) bond motifs is 1. The third-order valence-corrected chi connectivity index (χ3v) is 3.97. The zero-order chi connectivity index (χ0) is 18.5. The lowest BCUT2D eigenvalue weighted by molar-refractivity contribution is -0.0498. The predicted octanol–water partition coefficient (Wildman–Crippen LogP) is 4.11. The molecule has 1 heterocycles. The van der Waals surface area contributed by atoms with Crippen LogP contribution in [0, 0.1) is 0 Å². The molecule has 0 fully saturated rings. The number of nitrogens with one attached hydrogen (secondary N) is 2. The third-order valence-electron chi connectivity index (χ3n) is 3.75. The molecule has 1 atom stereocenters. The molecule has 0 radical (unpaired) electrons. The molecule has 5 nitrogen and oxygen atoms in total. The van der Waals surface area contributed by atoms with Crippen molar-refractivity contribution in [1.29, 1.82) is 0 Å². The van der Waals surface area contributed by atoms with Crippen molar-refractivity contribution >= 4 is 23.0 Å².